The van der Waals surface area contributed by atoms with Crippen molar-refractivity contribution in [3.63, 3.8) is 0 Å². The van der Waals surface area contributed by atoms with Crippen molar-refractivity contribution in [2.45, 2.75) is 33.6 Å². The molecule has 1 saturated carbocycles. The monoisotopic (exact) mass is 288 g/mol. The third kappa shape index (κ3) is 3.72. The molecule has 3 nitrogen and oxygen atoms in total. The van der Waals surface area contributed by atoms with Gasteiger partial charge in [0.15, 0.2) is 0 Å². The van der Waals surface area contributed by atoms with Crippen molar-refractivity contribution >= 4 is 11.8 Å². The van der Waals surface area contributed by atoms with Gasteiger partial charge in [-0.15, -0.1) is 0 Å². The molecule has 2 rings (SSSR count). The predicted octanol–water partition coefficient (Wildman–Crippen LogP) is 3.73. The minimum Gasteiger partial charge on any atom is -0.461 e. The van der Waals surface area contributed by atoms with E-state index >= 15 is 0 Å². The summed E-state index contributed by atoms with van der Waals surface area (Å²) in [7, 11) is 0. The Morgan fingerprint density at radius 3 is 2.52 bits per heavy atom. The highest BCUT2D eigenvalue weighted by Crippen LogP contribution is 2.34. The fraction of sp³-hybridized carbons (Fsp3) is 0.556. The second-order valence-electron chi connectivity index (χ2n) is 6.38. The van der Waals surface area contributed by atoms with Gasteiger partial charge in [0.05, 0.1) is 11.5 Å². The van der Waals surface area contributed by atoms with Crippen molar-refractivity contribution in [1.82, 2.24) is 0 Å². The van der Waals surface area contributed by atoms with E-state index in [0.29, 0.717) is 11.5 Å². The summed E-state index contributed by atoms with van der Waals surface area (Å²) in [5, 5.41) is 0. The number of hydrogen-bond donors (Lipinski definition) is 0. The van der Waals surface area contributed by atoms with Crippen LogP contribution in [0.15, 0.2) is 30.3 Å². The van der Waals surface area contributed by atoms with Crippen molar-refractivity contribution in [1.29, 1.82) is 0 Å². The van der Waals surface area contributed by atoms with Crippen LogP contribution in [-0.2, 0) is 9.53 Å². The molecule has 1 aromatic rings. The molecule has 1 fully saturated rings. The van der Waals surface area contributed by atoms with Gasteiger partial charge in [-0.2, -0.15) is 0 Å². The lowest BCUT2D eigenvalue weighted by atomic mass is 9.70. The highest BCUT2D eigenvalue weighted by molar-refractivity contribution is 5.90. The number of carbonyl (C=O) groups excluding carboxylic acids is 2. The van der Waals surface area contributed by atoms with Crippen LogP contribution in [0.3, 0.4) is 0 Å². The molecule has 0 heterocycles. The second kappa shape index (κ2) is 6.88. The molecule has 0 unspecified atom stereocenters. The first-order valence-corrected chi connectivity index (χ1v) is 7.76. The first kappa shape index (κ1) is 15.7. The second-order valence-corrected chi connectivity index (χ2v) is 6.38. The number of hydrogen-bond acceptors (Lipinski definition) is 3. The Morgan fingerprint density at radius 2 is 1.90 bits per heavy atom. The fourth-order valence-corrected chi connectivity index (χ4v) is 3.07. The van der Waals surface area contributed by atoms with E-state index in [-0.39, 0.29) is 36.1 Å². The third-order valence-corrected chi connectivity index (χ3v) is 4.56. The number of esters is 1. The van der Waals surface area contributed by atoms with Gasteiger partial charge in [-0.05, 0) is 36.8 Å². The lowest BCUT2D eigenvalue weighted by Crippen LogP contribution is -2.39. The molecular weight excluding hydrogens is 264 g/mol. The van der Waals surface area contributed by atoms with Gasteiger partial charge in [-0.1, -0.05) is 39.0 Å². The number of ketones is 1. The summed E-state index contributed by atoms with van der Waals surface area (Å²) in [5.41, 5.74) is 0.536. The summed E-state index contributed by atoms with van der Waals surface area (Å²) in [6.07, 6.45) is 1.99. The standard InChI is InChI=1S/C18H24O3/c1-12(2)15-10-9-13(3)16(17(15)19)11-21-18(20)14-7-5-4-6-8-14/h4-8,12-13,15-16H,9-11H2,1-3H3/t13-,15+,16+/m1/s1. The third-order valence-electron chi connectivity index (χ3n) is 4.56. The quantitative estimate of drug-likeness (QED) is 0.793. The molecular formula is C18H24O3. The Kier molecular flexibility index (Phi) is 5.16. The molecule has 0 N–H and O–H groups in total. The molecule has 0 aliphatic heterocycles. The zero-order valence-corrected chi connectivity index (χ0v) is 13.0. The Labute approximate surface area is 126 Å². The summed E-state index contributed by atoms with van der Waals surface area (Å²) in [6.45, 7) is 6.46. The number of carbonyl (C=O) groups is 2. The maximum atomic E-state index is 12.5. The van der Waals surface area contributed by atoms with Crippen molar-refractivity contribution in [3.8, 4) is 0 Å². The molecule has 3 heteroatoms. The summed E-state index contributed by atoms with van der Waals surface area (Å²) in [5.74, 6) is 0.528. The van der Waals surface area contributed by atoms with E-state index in [2.05, 4.69) is 20.8 Å². The maximum Gasteiger partial charge on any atom is 0.338 e. The lowest BCUT2D eigenvalue weighted by Gasteiger charge is -2.34. The van der Waals surface area contributed by atoms with Crippen molar-refractivity contribution in [2.75, 3.05) is 6.61 Å². The van der Waals surface area contributed by atoms with Gasteiger partial charge < -0.3 is 4.74 Å². The molecule has 0 amide bonds. The van der Waals surface area contributed by atoms with E-state index in [9.17, 15) is 9.59 Å². The fourth-order valence-electron chi connectivity index (χ4n) is 3.07. The normalized spacial score (nSPS) is 25.9. The van der Waals surface area contributed by atoms with Crippen LogP contribution in [-0.4, -0.2) is 18.4 Å². The van der Waals surface area contributed by atoms with E-state index in [4.69, 9.17) is 4.74 Å². The molecule has 3 atom stereocenters. The van der Waals surface area contributed by atoms with Crippen LogP contribution >= 0.6 is 0 Å². The zero-order valence-electron chi connectivity index (χ0n) is 13.0. The summed E-state index contributed by atoms with van der Waals surface area (Å²) < 4.78 is 5.38. The van der Waals surface area contributed by atoms with Gasteiger partial charge in [0.1, 0.15) is 12.4 Å². The van der Waals surface area contributed by atoms with Crippen LogP contribution in [0.25, 0.3) is 0 Å². The van der Waals surface area contributed by atoms with Crippen LogP contribution in [0.5, 0.6) is 0 Å². The highest BCUT2D eigenvalue weighted by Gasteiger charge is 2.37. The van der Waals surface area contributed by atoms with Gasteiger partial charge in [0, 0.05) is 5.92 Å². The Hall–Kier alpha value is -1.64. The van der Waals surface area contributed by atoms with Crippen LogP contribution in [0.4, 0.5) is 0 Å². The van der Waals surface area contributed by atoms with E-state index in [1.165, 1.54) is 0 Å². The topological polar surface area (TPSA) is 43.4 Å². The van der Waals surface area contributed by atoms with Gasteiger partial charge in [0.2, 0.25) is 0 Å². The van der Waals surface area contributed by atoms with Crippen LogP contribution in [0.1, 0.15) is 44.0 Å². The number of ether oxygens (including phenoxy) is 1. The van der Waals surface area contributed by atoms with Gasteiger partial charge in [-0.3, -0.25) is 4.79 Å². The smallest absolute Gasteiger partial charge is 0.338 e. The lowest BCUT2D eigenvalue weighted by molar-refractivity contribution is -0.134. The van der Waals surface area contributed by atoms with Gasteiger partial charge in [0.25, 0.3) is 0 Å². The average molecular weight is 288 g/mol. The van der Waals surface area contributed by atoms with Gasteiger partial charge in [-0.25, -0.2) is 4.79 Å². The number of rotatable bonds is 4. The molecule has 0 bridgehead atoms. The SMILES string of the molecule is CC(C)[C@@H]1CC[C@@H](C)[C@H](COC(=O)c2ccccc2)C1=O. The van der Waals surface area contributed by atoms with Crippen LogP contribution in [0.2, 0.25) is 0 Å². The highest BCUT2D eigenvalue weighted by atomic mass is 16.5. The molecule has 0 spiro atoms. The molecule has 0 saturated heterocycles. The van der Waals surface area contributed by atoms with E-state index in [1.807, 2.05) is 6.07 Å². The predicted molar refractivity (Wildman–Crippen MR) is 81.9 cm³/mol. The number of benzene rings is 1. The summed E-state index contributed by atoms with van der Waals surface area (Å²) in [6, 6.07) is 8.92. The first-order valence-electron chi connectivity index (χ1n) is 7.76. The largest absolute Gasteiger partial charge is 0.461 e. The van der Waals surface area contributed by atoms with Crippen LogP contribution < -0.4 is 0 Å². The molecule has 21 heavy (non-hydrogen) atoms. The van der Waals surface area contributed by atoms with Crippen LogP contribution in [0, 0.1) is 23.7 Å². The van der Waals surface area contributed by atoms with Crippen molar-refractivity contribution in [3.05, 3.63) is 35.9 Å². The first-order chi connectivity index (χ1) is 10.0. The molecule has 1 aliphatic carbocycles. The minimum absolute atomic E-state index is 0.113. The minimum atomic E-state index is -0.345. The van der Waals surface area contributed by atoms with Gasteiger partial charge >= 0.3 is 5.97 Å². The van der Waals surface area contributed by atoms with Crippen molar-refractivity contribution in [2.24, 2.45) is 23.7 Å². The maximum absolute atomic E-state index is 12.5. The Morgan fingerprint density at radius 1 is 1.24 bits per heavy atom. The molecule has 0 aromatic heterocycles. The molecule has 0 radical (unpaired) electrons. The summed E-state index contributed by atoms with van der Waals surface area (Å²) in [4.78, 5) is 24.5. The van der Waals surface area contributed by atoms with Crippen molar-refractivity contribution < 1.29 is 14.3 Å². The molecule has 1 aromatic carbocycles. The summed E-state index contributed by atoms with van der Waals surface area (Å²) >= 11 is 0. The molecule has 114 valence electrons. The Balaban J connectivity index is 1.97. The van der Waals surface area contributed by atoms with E-state index < -0.39 is 0 Å². The molecule has 1 aliphatic rings. The zero-order chi connectivity index (χ0) is 15.4. The Bertz CT molecular complexity index is 492. The van der Waals surface area contributed by atoms with E-state index in [1.54, 1.807) is 24.3 Å². The van der Waals surface area contributed by atoms with E-state index in [0.717, 1.165) is 12.8 Å². The average Bonchev–Trinajstić information content (AvgIpc) is 2.47. The number of Topliss-reactive ketones (excluding diaryl/α,β-unsaturated/α-hetero) is 1.